The third kappa shape index (κ3) is 3.54. The molecular weight excluding hydrogens is 410 g/mol. The first kappa shape index (κ1) is 22.6. The highest BCUT2D eigenvalue weighted by Crippen LogP contribution is 2.67. The molecule has 1 aromatic carbocycles. The second kappa shape index (κ2) is 8.25. The van der Waals surface area contributed by atoms with Crippen LogP contribution in [0.2, 0.25) is 0 Å². The Kier molecular flexibility index (Phi) is 5.65. The van der Waals surface area contributed by atoms with E-state index in [0.717, 1.165) is 38.5 Å². The van der Waals surface area contributed by atoms with Crippen molar-refractivity contribution < 1.29 is 15.0 Å². The Morgan fingerprint density at radius 2 is 1.88 bits per heavy atom. The molecule has 0 aliphatic heterocycles. The Bertz CT molecular complexity index is 1030. The Morgan fingerprint density at radius 3 is 2.58 bits per heavy atom. The number of carbonyl (C=O) groups is 1. The molecule has 5 atom stereocenters. The van der Waals surface area contributed by atoms with Gasteiger partial charge in [0.25, 0.3) is 0 Å². The quantitative estimate of drug-likeness (QED) is 0.643. The van der Waals surface area contributed by atoms with E-state index >= 15 is 0 Å². The van der Waals surface area contributed by atoms with E-state index in [1.54, 1.807) is 11.6 Å². The van der Waals surface area contributed by atoms with Crippen LogP contribution < -0.4 is 4.90 Å². The van der Waals surface area contributed by atoms with Gasteiger partial charge in [-0.1, -0.05) is 36.8 Å². The van der Waals surface area contributed by atoms with E-state index in [2.05, 4.69) is 50.2 Å². The fourth-order valence-corrected chi connectivity index (χ4v) is 7.52. The van der Waals surface area contributed by atoms with Crippen molar-refractivity contribution in [1.29, 1.82) is 0 Å². The van der Waals surface area contributed by atoms with Crippen molar-refractivity contribution in [3.8, 4) is 0 Å². The summed E-state index contributed by atoms with van der Waals surface area (Å²) in [5, 5.41) is 21.3. The molecule has 0 spiro atoms. The molecule has 176 valence electrons. The number of anilines is 1. The molecule has 1 aromatic rings. The second-order valence-corrected chi connectivity index (χ2v) is 11.0. The number of fused-ring (bicyclic) bond motifs is 4. The molecule has 2 fully saturated rings. The number of aliphatic hydroxyl groups excluding tert-OH is 1. The molecule has 0 radical (unpaired) electrons. The Hall–Kier alpha value is -2.17. The van der Waals surface area contributed by atoms with Gasteiger partial charge in [0.15, 0.2) is 5.78 Å². The number of aliphatic hydroxyl groups is 2. The van der Waals surface area contributed by atoms with E-state index in [0.29, 0.717) is 18.3 Å². The van der Waals surface area contributed by atoms with Gasteiger partial charge in [0.05, 0.1) is 12.2 Å². The third-order valence-electron chi connectivity index (χ3n) is 9.26. The average Bonchev–Trinajstić information content (AvgIpc) is 3.07. The summed E-state index contributed by atoms with van der Waals surface area (Å²) in [6.07, 6.45) is 11.7. The number of rotatable bonds is 4. The van der Waals surface area contributed by atoms with Crippen molar-refractivity contribution in [3.05, 3.63) is 64.8 Å². The molecule has 2 N–H and O–H groups in total. The maximum atomic E-state index is 12.2. The Morgan fingerprint density at radius 1 is 1.12 bits per heavy atom. The van der Waals surface area contributed by atoms with Crippen molar-refractivity contribution >= 4 is 11.5 Å². The summed E-state index contributed by atoms with van der Waals surface area (Å²) in [6.45, 7) is 2.24. The molecule has 4 aliphatic carbocycles. The van der Waals surface area contributed by atoms with Crippen LogP contribution in [0.4, 0.5) is 5.69 Å². The standard InChI is InChI=1S/C29H37NO3/c1-28-18-25(19-5-8-21(9-6-19)30(2)3)27-23-12-10-22(32)17-20(23)7-11-24(27)26(28)13-15-29(28,33)14-4-16-31/h4-6,8-9,14,17,24-26,31,33H,7,10-13,15-16,18H2,1-3H3/b14-4+/t24-,25+,26-,28-,29?/m0/s1. The monoisotopic (exact) mass is 447 g/mol. The van der Waals surface area contributed by atoms with Crippen LogP contribution in [0.5, 0.6) is 0 Å². The smallest absolute Gasteiger partial charge is 0.156 e. The Balaban J connectivity index is 1.65. The number of allylic oxidation sites excluding steroid dienone is 4. The highest BCUT2D eigenvalue weighted by atomic mass is 16.3. The zero-order chi connectivity index (χ0) is 23.4. The molecule has 33 heavy (non-hydrogen) atoms. The molecule has 2 saturated carbocycles. The van der Waals surface area contributed by atoms with E-state index in [1.807, 2.05) is 12.2 Å². The normalized spacial score (nSPS) is 35.8. The first-order valence-electron chi connectivity index (χ1n) is 12.5. The van der Waals surface area contributed by atoms with Crippen LogP contribution in [-0.4, -0.2) is 42.3 Å². The predicted molar refractivity (Wildman–Crippen MR) is 132 cm³/mol. The third-order valence-corrected chi connectivity index (χ3v) is 9.26. The summed E-state index contributed by atoms with van der Waals surface area (Å²) in [5.74, 6) is 1.38. The van der Waals surface area contributed by atoms with Gasteiger partial charge in [-0.3, -0.25) is 4.79 Å². The maximum absolute atomic E-state index is 12.2. The van der Waals surface area contributed by atoms with Crippen LogP contribution in [-0.2, 0) is 4.79 Å². The van der Waals surface area contributed by atoms with Gasteiger partial charge in [0.1, 0.15) is 0 Å². The molecule has 5 rings (SSSR count). The fourth-order valence-electron chi connectivity index (χ4n) is 7.52. The second-order valence-electron chi connectivity index (χ2n) is 11.0. The number of ketones is 1. The SMILES string of the molecule is CN(C)c1ccc([C@H]2C[C@@]3(C)[C@@H](CCC3(O)/C=C/CO)[C@@H]3CCC4=CC(=O)CCC4=C32)cc1. The number of nitrogens with zero attached hydrogens (tertiary/aromatic N) is 1. The van der Waals surface area contributed by atoms with Crippen molar-refractivity contribution in [3.63, 3.8) is 0 Å². The molecule has 4 heteroatoms. The Labute approximate surface area is 197 Å². The van der Waals surface area contributed by atoms with Gasteiger partial charge in [-0.05, 0) is 85.3 Å². The van der Waals surface area contributed by atoms with Crippen LogP contribution in [0.25, 0.3) is 0 Å². The maximum Gasteiger partial charge on any atom is 0.156 e. The van der Waals surface area contributed by atoms with Crippen LogP contribution >= 0.6 is 0 Å². The minimum atomic E-state index is -0.892. The molecule has 1 unspecified atom stereocenters. The first-order chi connectivity index (χ1) is 15.8. The van der Waals surface area contributed by atoms with Crippen molar-refractivity contribution in [2.75, 3.05) is 25.6 Å². The van der Waals surface area contributed by atoms with Gasteiger partial charge in [-0.2, -0.15) is 0 Å². The molecule has 0 amide bonds. The van der Waals surface area contributed by atoms with Gasteiger partial charge in [-0.25, -0.2) is 0 Å². The average molecular weight is 448 g/mol. The summed E-state index contributed by atoms with van der Waals surface area (Å²) in [6, 6.07) is 8.91. The van der Waals surface area contributed by atoms with Gasteiger partial charge >= 0.3 is 0 Å². The first-order valence-corrected chi connectivity index (χ1v) is 12.5. The van der Waals surface area contributed by atoms with E-state index in [9.17, 15) is 15.0 Å². The fraction of sp³-hybridized carbons (Fsp3) is 0.552. The highest BCUT2D eigenvalue weighted by Gasteiger charge is 2.61. The number of hydrogen-bond donors (Lipinski definition) is 2. The minimum absolute atomic E-state index is 0.0423. The molecule has 0 saturated heterocycles. The van der Waals surface area contributed by atoms with E-state index in [4.69, 9.17) is 0 Å². The molecule has 0 heterocycles. The summed E-state index contributed by atoms with van der Waals surface area (Å²) in [5.41, 5.74) is 5.62. The van der Waals surface area contributed by atoms with Gasteiger partial charge in [0, 0.05) is 37.5 Å². The summed E-state index contributed by atoms with van der Waals surface area (Å²) >= 11 is 0. The van der Waals surface area contributed by atoms with Crippen molar-refractivity contribution in [1.82, 2.24) is 0 Å². The number of carbonyl (C=O) groups excluding carboxylic acids is 1. The zero-order valence-electron chi connectivity index (χ0n) is 20.2. The van der Waals surface area contributed by atoms with Crippen LogP contribution in [0.1, 0.15) is 63.4 Å². The molecule has 0 bridgehead atoms. The molecule has 4 nitrogen and oxygen atoms in total. The van der Waals surface area contributed by atoms with Crippen molar-refractivity contribution in [2.45, 2.75) is 63.4 Å². The zero-order valence-corrected chi connectivity index (χ0v) is 20.2. The summed E-state index contributed by atoms with van der Waals surface area (Å²) in [7, 11) is 4.12. The highest BCUT2D eigenvalue weighted by molar-refractivity contribution is 5.93. The van der Waals surface area contributed by atoms with E-state index < -0.39 is 5.60 Å². The topological polar surface area (TPSA) is 60.8 Å². The van der Waals surface area contributed by atoms with Gasteiger partial charge in [-0.15, -0.1) is 0 Å². The van der Waals surface area contributed by atoms with Crippen LogP contribution in [0.3, 0.4) is 0 Å². The lowest BCUT2D eigenvalue weighted by Crippen LogP contribution is -2.50. The molecule has 4 aliphatic rings. The lowest BCUT2D eigenvalue weighted by atomic mass is 9.51. The van der Waals surface area contributed by atoms with Crippen LogP contribution in [0, 0.1) is 17.3 Å². The number of benzene rings is 1. The summed E-state index contributed by atoms with van der Waals surface area (Å²) < 4.78 is 0. The van der Waals surface area contributed by atoms with Crippen LogP contribution in [0.15, 0.2) is 59.2 Å². The van der Waals surface area contributed by atoms with E-state index in [-0.39, 0.29) is 23.7 Å². The molecular formula is C29H37NO3. The van der Waals surface area contributed by atoms with E-state index in [1.165, 1.54) is 22.4 Å². The minimum Gasteiger partial charge on any atom is -0.392 e. The lowest BCUT2D eigenvalue weighted by Gasteiger charge is -2.54. The predicted octanol–water partition coefficient (Wildman–Crippen LogP) is 4.93. The largest absolute Gasteiger partial charge is 0.392 e. The van der Waals surface area contributed by atoms with Crippen molar-refractivity contribution in [2.24, 2.45) is 17.3 Å². The van der Waals surface area contributed by atoms with Gasteiger partial charge in [0.2, 0.25) is 0 Å². The number of hydrogen-bond acceptors (Lipinski definition) is 4. The summed E-state index contributed by atoms with van der Waals surface area (Å²) in [4.78, 5) is 14.3. The van der Waals surface area contributed by atoms with Gasteiger partial charge < -0.3 is 15.1 Å². The molecule has 0 aromatic heterocycles. The lowest BCUT2D eigenvalue weighted by molar-refractivity contribution is -0.114.